The average Bonchev–Trinajstić information content (AvgIpc) is 1.61. The topological polar surface area (TPSA) is 46.2 Å². The van der Waals surface area contributed by atoms with Crippen LogP contribution < -0.4 is 5.73 Å². The number of hydrogen-bond donors (Lipinski definition) is 2. The van der Waals surface area contributed by atoms with E-state index in [0.717, 1.165) is 12.8 Å². The Morgan fingerprint density at radius 2 is 1.88 bits per heavy atom. The zero-order valence-corrected chi connectivity index (χ0v) is 5.59. The van der Waals surface area contributed by atoms with E-state index in [2.05, 4.69) is 0 Å². The second kappa shape index (κ2) is 3.87. The number of aliphatic hydroxyl groups excluding tert-OH is 1. The summed E-state index contributed by atoms with van der Waals surface area (Å²) in [5.74, 6) is 0. The van der Waals surface area contributed by atoms with Crippen LogP contribution in [0.25, 0.3) is 0 Å². The molecule has 0 aromatic carbocycles. The highest BCUT2D eigenvalue weighted by Crippen LogP contribution is 1.97. The molecule has 0 aliphatic heterocycles. The van der Waals surface area contributed by atoms with Gasteiger partial charge in [0.05, 0.1) is 6.10 Å². The molecule has 2 atom stereocenters. The molecule has 2 unspecified atom stereocenters. The lowest BCUT2D eigenvalue weighted by molar-refractivity contribution is 0.179. The van der Waals surface area contributed by atoms with Crippen LogP contribution in [0.15, 0.2) is 0 Å². The van der Waals surface area contributed by atoms with Crippen LogP contribution in [0.2, 0.25) is 0 Å². The third-order valence-corrected chi connectivity index (χ3v) is 1.04. The van der Waals surface area contributed by atoms with Crippen molar-refractivity contribution < 1.29 is 5.11 Å². The summed E-state index contributed by atoms with van der Waals surface area (Å²) in [4.78, 5) is 0. The first-order chi connectivity index (χ1) is 3.63. The van der Waals surface area contributed by atoms with E-state index in [0.29, 0.717) is 0 Å². The van der Waals surface area contributed by atoms with Gasteiger partial charge in [0.2, 0.25) is 0 Å². The molecule has 0 aliphatic rings. The summed E-state index contributed by atoms with van der Waals surface area (Å²) < 4.78 is 0. The highest BCUT2D eigenvalue weighted by atomic mass is 16.3. The van der Waals surface area contributed by atoms with E-state index in [1.807, 2.05) is 6.92 Å². The van der Waals surface area contributed by atoms with Crippen molar-refractivity contribution in [1.82, 2.24) is 0 Å². The standard InChI is InChI=1S/C6H15NO/c1-5(7)3-4-6(2)8/h5-6,8H,3-4,7H2,1-2H3. The van der Waals surface area contributed by atoms with Crippen LogP contribution in [-0.2, 0) is 0 Å². The molecule has 0 aromatic rings. The first kappa shape index (κ1) is 7.92. The van der Waals surface area contributed by atoms with E-state index in [4.69, 9.17) is 10.8 Å². The lowest BCUT2D eigenvalue weighted by atomic mass is 10.1. The van der Waals surface area contributed by atoms with E-state index >= 15 is 0 Å². The fourth-order valence-corrected chi connectivity index (χ4v) is 0.504. The van der Waals surface area contributed by atoms with Crippen LogP contribution in [0.5, 0.6) is 0 Å². The average molecular weight is 117 g/mol. The normalized spacial score (nSPS) is 18.0. The SMILES string of the molecule is CC(N)CCC(C)O. The van der Waals surface area contributed by atoms with Gasteiger partial charge < -0.3 is 10.8 Å². The van der Waals surface area contributed by atoms with E-state index in [-0.39, 0.29) is 12.1 Å². The van der Waals surface area contributed by atoms with Crippen LogP contribution >= 0.6 is 0 Å². The molecule has 0 fully saturated rings. The van der Waals surface area contributed by atoms with Crippen molar-refractivity contribution in [2.24, 2.45) is 5.73 Å². The Morgan fingerprint density at radius 3 is 2.00 bits per heavy atom. The van der Waals surface area contributed by atoms with Crippen molar-refractivity contribution in [2.45, 2.75) is 38.8 Å². The minimum Gasteiger partial charge on any atom is -0.393 e. The van der Waals surface area contributed by atoms with Gasteiger partial charge in [-0.1, -0.05) is 0 Å². The molecule has 50 valence electrons. The second-order valence-electron chi connectivity index (χ2n) is 2.40. The van der Waals surface area contributed by atoms with Crippen LogP contribution in [-0.4, -0.2) is 17.3 Å². The highest BCUT2D eigenvalue weighted by Gasteiger charge is 1.97. The Kier molecular flexibility index (Phi) is 3.83. The van der Waals surface area contributed by atoms with Gasteiger partial charge >= 0.3 is 0 Å². The zero-order chi connectivity index (χ0) is 6.57. The number of aliphatic hydroxyl groups is 1. The maximum atomic E-state index is 8.75. The Labute approximate surface area is 50.7 Å². The minimum atomic E-state index is -0.194. The van der Waals surface area contributed by atoms with Gasteiger partial charge in [-0.2, -0.15) is 0 Å². The Morgan fingerprint density at radius 1 is 1.38 bits per heavy atom. The molecule has 0 rings (SSSR count). The fraction of sp³-hybridized carbons (Fsp3) is 1.00. The Hall–Kier alpha value is -0.0800. The largest absolute Gasteiger partial charge is 0.393 e. The molecule has 3 N–H and O–H groups in total. The van der Waals surface area contributed by atoms with Crippen LogP contribution in [0.3, 0.4) is 0 Å². The molecular weight excluding hydrogens is 102 g/mol. The smallest absolute Gasteiger partial charge is 0.0512 e. The fourth-order valence-electron chi connectivity index (χ4n) is 0.504. The minimum absolute atomic E-state index is 0.194. The van der Waals surface area contributed by atoms with Crippen LogP contribution in [0, 0.1) is 0 Å². The van der Waals surface area contributed by atoms with E-state index < -0.39 is 0 Å². The quantitative estimate of drug-likeness (QED) is 0.565. The van der Waals surface area contributed by atoms with E-state index in [9.17, 15) is 0 Å². The monoisotopic (exact) mass is 117 g/mol. The summed E-state index contributed by atoms with van der Waals surface area (Å²) >= 11 is 0. The first-order valence-electron chi connectivity index (χ1n) is 3.06. The second-order valence-corrected chi connectivity index (χ2v) is 2.40. The van der Waals surface area contributed by atoms with Crippen molar-refractivity contribution >= 4 is 0 Å². The highest BCUT2D eigenvalue weighted by molar-refractivity contribution is 4.55. The summed E-state index contributed by atoms with van der Waals surface area (Å²) in [6, 6.07) is 0.226. The molecule has 8 heavy (non-hydrogen) atoms. The van der Waals surface area contributed by atoms with Gasteiger partial charge in [0.25, 0.3) is 0 Å². The molecule has 0 heterocycles. The van der Waals surface area contributed by atoms with Crippen molar-refractivity contribution in [3.63, 3.8) is 0 Å². The summed E-state index contributed by atoms with van der Waals surface area (Å²) in [5, 5.41) is 8.75. The van der Waals surface area contributed by atoms with Gasteiger partial charge in [-0.05, 0) is 26.7 Å². The molecule has 0 amide bonds. The van der Waals surface area contributed by atoms with E-state index in [1.165, 1.54) is 0 Å². The predicted molar refractivity (Wildman–Crippen MR) is 34.6 cm³/mol. The Bertz CT molecular complexity index is 44.5. The number of hydrogen-bond acceptors (Lipinski definition) is 2. The maximum Gasteiger partial charge on any atom is 0.0512 e. The zero-order valence-electron chi connectivity index (χ0n) is 5.59. The van der Waals surface area contributed by atoms with Crippen molar-refractivity contribution in [3.8, 4) is 0 Å². The molecule has 2 heteroatoms. The molecule has 0 saturated carbocycles. The number of rotatable bonds is 3. The molecule has 0 aromatic heterocycles. The molecule has 0 radical (unpaired) electrons. The third-order valence-electron chi connectivity index (χ3n) is 1.04. The van der Waals surface area contributed by atoms with Crippen molar-refractivity contribution in [1.29, 1.82) is 0 Å². The van der Waals surface area contributed by atoms with Gasteiger partial charge in [-0.3, -0.25) is 0 Å². The van der Waals surface area contributed by atoms with Gasteiger partial charge in [0, 0.05) is 6.04 Å². The van der Waals surface area contributed by atoms with Crippen molar-refractivity contribution in [2.75, 3.05) is 0 Å². The summed E-state index contributed by atoms with van der Waals surface area (Å²) in [5.41, 5.74) is 5.43. The molecule has 2 nitrogen and oxygen atoms in total. The van der Waals surface area contributed by atoms with Crippen LogP contribution in [0.1, 0.15) is 26.7 Å². The number of nitrogens with two attached hydrogens (primary N) is 1. The third kappa shape index (κ3) is 5.92. The summed E-state index contributed by atoms with van der Waals surface area (Å²) in [7, 11) is 0. The molecule has 0 saturated heterocycles. The first-order valence-corrected chi connectivity index (χ1v) is 3.06. The molecule has 0 spiro atoms. The lowest BCUT2D eigenvalue weighted by Gasteiger charge is -2.05. The molecule has 0 bridgehead atoms. The van der Waals surface area contributed by atoms with Gasteiger partial charge in [0.1, 0.15) is 0 Å². The van der Waals surface area contributed by atoms with Crippen LogP contribution in [0.4, 0.5) is 0 Å². The predicted octanol–water partition coefficient (Wildman–Crippen LogP) is 0.495. The van der Waals surface area contributed by atoms with Gasteiger partial charge in [0.15, 0.2) is 0 Å². The Balaban J connectivity index is 2.93. The maximum absolute atomic E-state index is 8.75. The van der Waals surface area contributed by atoms with Gasteiger partial charge in [-0.25, -0.2) is 0 Å². The van der Waals surface area contributed by atoms with E-state index in [1.54, 1.807) is 6.92 Å². The van der Waals surface area contributed by atoms with Gasteiger partial charge in [-0.15, -0.1) is 0 Å². The summed E-state index contributed by atoms with van der Waals surface area (Å²) in [6.45, 7) is 3.73. The summed E-state index contributed by atoms with van der Waals surface area (Å²) in [6.07, 6.45) is 1.54. The lowest BCUT2D eigenvalue weighted by Crippen LogP contribution is -2.16. The molecule has 0 aliphatic carbocycles. The van der Waals surface area contributed by atoms with Crippen molar-refractivity contribution in [3.05, 3.63) is 0 Å². The molecular formula is C6H15NO.